The summed E-state index contributed by atoms with van der Waals surface area (Å²) in [4.78, 5) is 0. The molecule has 0 amide bonds. The highest BCUT2D eigenvalue weighted by molar-refractivity contribution is 5.76. The second-order valence-corrected chi connectivity index (χ2v) is 5.22. The molecule has 17 heavy (non-hydrogen) atoms. The van der Waals surface area contributed by atoms with Gasteiger partial charge in [0.1, 0.15) is 5.75 Å². The molecule has 0 bridgehead atoms. The Morgan fingerprint density at radius 3 is 2.53 bits per heavy atom. The van der Waals surface area contributed by atoms with E-state index in [-0.39, 0.29) is 11.3 Å². The Kier molecular flexibility index (Phi) is 4.55. The molecule has 1 aromatic rings. The van der Waals surface area contributed by atoms with E-state index in [1.165, 1.54) is 5.56 Å². The van der Waals surface area contributed by atoms with Gasteiger partial charge in [-0.15, -0.1) is 0 Å². The van der Waals surface area contributed by atoms with Gasteiger partial charge in [0.15, 0.2) is 0 Å². The molecule has 3 heteroatoms. The molecule has 0 saturated heterocycles. The van der Waals surface area contributed by atoms with E-state index in [1.807, 2.05) is 18.2 Å². The van der Waals surface area contributed by atoms with Gasteiger partial charge in [0.05, 0.1) is 12.4 Å². The molecule has 3 nitrogen and oxygen atoms in total. The van der Waals surface area contributed by atoms with Crippen molar-refractivity contribution in [2.75, 3.05) is 6.61 Å². The van der Waals surface area contributed by atoms with Crippen molar-refractivity contribution >= 4 is 5.84 Å². The van der Waals surface area contributed by atoms with Gasteiger partial charge < -0.3 is 10.5 Å². The zero-order valence-electron chi connectivity index (χ0n) is 10.9. The van der Waals surface area contributed by atoms with Crippen LogP contribution < -0.4 is 10.5 Å². The molecule has 1 aromatic carbocycles. The second kappa shape index (κ2) is 5.71. The predicted octanol–water partition coefficient (Wildman–Crippen LogP) is 3.08. The monoisotopic (exact) mass is 234 g/mol. The molecule has 0 aliphatic rings. The van der Waals surface area contributed by atoms with Crippen molar-refractivity contribution in [1.82, 2.24) is 0 Å². The van der Waals surface area contributed by atoms with Crippen molar-refractivity contribution in [1.29, 1.82) is 5.41 Å². The molecule has 0 heterocycles. The van der Waals surface area contributed by atoms with Gasteiger partial charge in [-0.2, -0.15) is 0 Å². The predicted molar refractivity (Wildman–Crippen MR) is 71.8 cm³/mol. The Morgan fingerprint density at radius 1 is 1.29 bits per heavy atom. The fraction of sp³-hybridized carbons (Fsp3) is 0.500. The average molecular weight is 234 g/mol. The summed E-state index contributed by atoms with van der Waals surface area (Å²) < 4.78 is 5.76. The van der Waals surface area contributed by atoms with Gasteiger partial charge in [0, 0.05) is 6.42 Å². The van der Waals surface area contributed by atoms with E-state index in [9.17, 15) is 0 Å². The van der Waals surface area contributed by atoms with Crippen LogP contribution >= 0.6 is 0 Å². The SMILES string of the molecule is CC(C)(C)c1ccccc1OCCCC(=N)N. The van der Waals surface area contributed by atoms with Crippen LogP contribution in [-0.2, 0) is 5.41 Å². The number of nitrogens with two attached hydrogens (primary N) is 1. The smallest absolute Gasteiger partial charge is 0.123 e. The van der Waals surface area contributed by atoms with Crippen LogP contribution in [-0.4, -0.2) is 12.4 Å². The van der Waals surface area contributed by atoms with Crippen molar-refractivity contribution in [3.8, 4) is 5.75 Å². The van der Waals surface area contributed by atoms with E-state index in [2.05, 4.69) is 26.8 Å². The average Bonchev–Trinajstić information content (AvgIpc) is 2.23. The molecule has 0 saturated carbocycles. The molecule has 0 atom stereocenters. The number of rotatable bonds is 5. The third kappa shape index (κ3) is 4.47. The fourth-order valence-electron chi connectivity index (χ4n) is 1.66. The van der Waals surface area contributed by atoms with Crippen molar-refractivity contribution < 1.29 is 4.74 Å². The first-order valence-electron chi connectivity index (χ1n) is 5.96. The Morgan fingerprint density at radius 2 is 1.94 bits per heavy atom. The van der Waals surface area contributed by atoms with Crippen LogP contribution in [0.15, 0.2) is 24.3 Å². The van der Waals surface area contributed by atoms with Gasteiger partial charge in [0.25, 0.3) is 0 Å². The lowest BCUT2D eigenvalue weighted by atomic mass is 9.86. The molecular formula is C14H22N2O. The summed E-state index contributed by atoms with van der Waals surface area (Å²) >= 11 is 0. The minimum Gasteiger partial charge on any atom is -0.493 e. The van der Waals surface area contributed by atoms with E-state index in [1.54, 1.807) is 0 Å². The number of ether oxygens (including phenoxy) is 1. The van der Waals surface area contributed by atoms with Crippen LogP contribution in [0, 0.1) is 5.41 Å². The van der Waals surface area contributed by atoms with Crippen molar-refractivity contribution in [2.24, 2.45) is 5.73 Å². The number of hydrogen-bond acceptors (Lipinski definition) is 2. The summed E-state index contributed by atoms with van der Waals surface area (Å²) in [6.07, 6.45) is 1.38. The third-order valence-electron chi connectivity index (χ3n) is 2.54. The van der Waals surface area contributed by atoms with Crippen LogP contribution in [0.2, 0.25) is 0 Å². The van der Waals surface area contributed by atoms with Crippen molar-refractivity contribution in [2.45, 2.75) is 39.0 Å². The summed E-state index contributed by atoms with van der Waals surface area (Å²) in [6.45, 7) is 7.12. The normalized spacial score (nSPS) is 11.2. The quantitative estimate of drug-likeness (QED) is 0.467. The maximum atomic E-state index is 7.14. The van der Waals surface area contributed by atoms with Crippen LogP contribution in [0.4, 0.5) is 0 Å². The molecule has 0 spiro atoms. The van der Waals surface area contributed by atoms with Gasteiger partial charge in [-0.05, 0) is 23.5 Å². The minimum absolute atomic E-state index is 0.0805. The zero-order chi connectivity index (χ0) is 12.9. The first kappa shape index (κ1) is 13.6. The lowest BCUT2D eigenvalue weighted by molar-refractivity contribution is 0.305. The van der Waals surface area contributed by atoms with E-state index in [0.29, 0.717) is 13.0 Å². The number of hydrogen-bond donors (Lipinski definition) is 2. The van der Waals surface area contributed by atoms with Gasteiger partial charge in [-0.1, -0.05) is 39.0 Å². The van der Waals surface area contributed by atoms with E-state index >= 15 is 0 Å². The number of nitrogens with one attached hydrogen (secondary N) is 1. The van der Waals surface area contributed by atoms with Gasteiger partial charge in [-0.3, -0.25) is 5.41 Å². The molecule has 0 aliphatic carbocycles. The second-order valence-electron chi connectivity index (χ2n) is 5.22. The molecular weight excluding hydrogens is 212 g/mol. The number of para-hydroxylation sites is 1. The molecule has 1 rings (SSSR count). The number of amidine groups is 1. The highest BCUT2D eigenvalue weighted by atomic mass is 16.5. The highest BCUT2D eigenvalue weighted by Crippen LogP contribution is 2.30. The van der Waals surface area contributed by atoms with Gasteiger partial charge in [-0.25, -0.2) is 0 Å². The zero-order valence-corrected chi connectivity index (χ0v) is 10.9. The summed E-state index contributed by atoms with van der Waals surface area (Å²) in [5.41, 5.74) is 6.59. The molecule has 94 valence electrons. The van der Waals surface area contributed by atoms with Gasteiger partial charge in [0.2, 0.25) is 0 Å². The summed E-state index contributed by atoms with van der Waals surface area (Å²) in [6, 6.07) is 8.10. The highest BCUT2D eigenvalue weighted by Gasteiger charge is 2.18. The Bertz CT molecular complexity index is 380. The molecule has 0 unspecified atom stereocenters. The lowest BCUT2D eigenvalue weighted by Crippen LogP contribution is -2.15. The maximum Gasteiger partial charge on any atom is 0.123 e. The first-order chi connectivity index (χ1) is 7.91. The largest absolute Gasteiger partial charge is 0.493 e. The molecule has 0 aromatic heterocycles. The topological polar surface area (TPSA) is 59.1 Å². The van der Waals surface area contributed by atoms with Gasteiger partial charge >= 0.3 is 0 Å². The Labute approximate surface area is 103 Å². The Hall–Kier alpha value is -1.51. The first-order valence-corrected chi connectivity index (χ1v) is 5.96. The molecule has 0 aliphatic heterocycles. The van der Waals surface area contributed by atoms with Crippen LogP contribution in [0.3, 0.4) is 0 Å². The van der Waals surface area contributed by atoms with E-state index < -0.39 is 0 Å². The van der Waals surface area contributed by atoms with Crippen molar-refractivity contribution in [3.63, 3.8) is 0 Å². The summed E-state index contributed by atoms with van der Waals surface area (Å²) in [5.74, 6) is 1.15. The minimum atomic E-state index is 0.0805. The number of benzene rings is 1. The standard InChI is InChI=1S/C14H22N2O/c1-14(2,3)11-7-4-5-8-12(11)17-10-6-9-13(15)16/h4-5,7-8H,6,9-10H2,1-3H3,(H3,15,16). The molecule has 0 fully saturated rings. The van der Waals surface area contributed by atoms with Crippen LogP contribution in [0.1, 0.15) is 39.2 Å². The van der Waals surface area contributed by atoms with Crippen LogP contribution in [0.25, 0.3) is 0 Å². The molecule has 0 radical (unpaired) electrons. The Balaban J connectivity index is 2.62. The third-order valence-corrected chi connectivity index (χ3v) is 2.54. The van der Waals surface area contributed by atoms with E-state index in [0.717, 1.165) is 12.2 Å². The summed E-state index contributed by atoms with van der Waals surface area (Å²) in [5, 5.41) is 7.14. The fourth-order valence-corrected chi connectivity index (χ4v) is 1.66. The lowest BCUT2D eigenvalue weighted by Gasteiger charge is -2.22. The summed E-state index contributed by atoms with van der Waals surface area (Å²) in [7, 11) is 0. The van der Waals surface area contributed by atoms with E-state index in [4.69, 9.17) is 15.9 Å². The maximum absolute atomic E-state index is 7.14. The van der Waals surface area contributed by atoms with Crippen molar-refractivity contribution in [3.05, 3.63) is 29.8 Å². The van der Waals surface area contributed by atoms with Crippen LogP contribution in [0.5, 0.6) is 5.75 Å². The molecule has 3 N–H and O–H groups in total.